The standard InChI is InChI=1S/C23H22N2O5/c1-4-30-23(27)22-13-21(17-7-11-20(29-3)12-8-17)24-25(22)14-18(15-26)16-5-9-19(28-2)10-6-16/h5-13H,4,14H2,1-3H3. The van der Waals surface area contributed by atoms with Crippen molar-refractivity contribution in [3.63, 3.8) is 0 Å². The van der Waals surface area contributed by atoms with E-state index in [0.717, 1.165) is 11.3 Å². The van der Waals surface area contributed by atoms with Crippen molar-refractivity contribution in [2.24, 2.45) is 0 Å². The molecule has 7 heteroatoms. The molecule has 1 heterocycles. The van der Waals surface area contributed by atoms with Crippen molar-refractivity contribution in [3.05, 3.63) is 65.9 Å². The van der Waals surface area contributed by atoms with Crippen LogP contribution in [0.1, 0.15) is 23.0 Å². The van der Waals surface area contributed by atoms with Gasteiger partial charge in [0.1, 0.15) is 23.1 Å². The lowest BCUT2D eigenvalue weighted by molar-refractivity contribution is 0.0513. The van der Waals surface area contributed by atoms with Crippen LogP contribution in [0.15, 0.2) is 54.6 Å². The molecule has 154 valence electrons. The maximum absolute atomic E-state index is 12.5. The third-order valence-electron chi connectivity index (χ3n) is 4.52. The SMILES string of the molecule is CCOC(=O)c1cc(-c2ccc(OC)cc2)nn1CC(=C=O)c1ccc(OC)cc1. The number of nitrogens with zero attached hydrogens (tertiary/aromatic N) is 2. The van der Waals surface area contributed by atoms with Crippen LogP contribution >= 0.6 is 0 Å². The van der Waals surface area contributed by atoms with Gasteiger partial charge in [0.05, 0.1) is 38.6 Å². The molecule has 3 rings (SSSR count). The topological polar surface area (TPSA) is 79.7 Å². The highest BCUT2D eigenvalue weighted by molar-refractivity contribution is 5.91. The largest absolute Gasteiger partial charge is 0.497 e. The number of hydrogen-bond donors (Lipinski definition) is 0. The molecule has 0 radical (unpaired) electrons. The monoisotopic (exact) mass is 406 g/mol. The van der Waals surface area contributed by atoms with Crippen LogP contribution in [0.25, 0.3) is 16.8 Å². The van der Waals surface area contributed by atoms with E-state index in [1.54, 1.807) is 51.5 Å². The molecule has 0 aliphatic heterocycles. The molecular weight excluding hydrogens is 384 g/mol. The Morgan fingerprint density at radius 1 is 1.00 bits per heavy atom. The molecule has 0 spiro atoms. The summed E-state index contributed by atoms with van der Waals surface area (Å²) in [7, 11) is 3.16. The first-order valence-corrected chi connectivity index (χ1v) is 9.37. The van der Waals surface area contributed by atoms with E-state index in [1.807, 2.05) is 30.2 Å². The maximum Gasteiger partial charge on any atom is 0.356 e. The van der Waals surface area contributed by atoms with Gasteiger partial charge < -0.3 is 14.2 Å². The van der Waals surface area contributed by atoms with Crippen molar-refractivity contribution in [2.75, 3.05) is 20.8 Å². The summed E-state index contributed by atoms with van der Waals surface area (Å²) in [5.74, 6) is 2.85. The summed E-state index contributed by atoms with van der Waals surface area (Å²) >= 11 is 0. The Kier molecular flexibility index (Phi) is 6.67. The Morgan fingerprint density at radius 3 is 2.13 bits per heavy atom. The van der Waals surface area contributed by atoms with E-state index < -0.39 is 5.97 Å². The molecule has 2 aromatic carbocycles. The van der Waals surface area contributed by atoms with Gasteiger partial charge in [-0.25, -0.2) is 9.59 Å². The van der Waals surface area contributed by atoms with Crippen LogP contribution in [-0.2, 0) is 16.1 Å². The number of carbonyl (C=O) groups excluding carboxylic acids is 2. The lowest BCUT2D eigenvalue weighted by Gasteiger charge is -2.09. The van der Waals surface area contributed by atoms with Gasteiger partial charge >= 0.3 is 5.97 Å². The van der Waals surface area contributed by atoms with Crippen LogP contribution < -0.4 is 9.47 Å². The molecule has 3 aromatic rings. The summed E-state index contributed by atoms with van der Waals surface area (Å²) in [5.41, 5.74) is 2.67. The molecule has 0 aliphatic carbocycles. The van der Waals surface area contributed by atoms with E-state index >= 15 is 0 Å². The lowest BCUT2D eigenvalue weighted by atomic mass is 10.1. The lowest BCUT2D eigenvalue weighted by Crippen LogP contribution is -2.14. The van der Waals surface area contributed by atoms with E-state index in [4.69, 9.17) is 14.2 Å². The second kappa shape index (κ2) is 9.58. The highest BCUT2D eigenvalue weighted by atomic mass is 16.5. The molecule has 0 aliphatic rings. The number of hydrogen-bond acceptors (Lipinski definition) is 6. The summed E-state index contributed by atoms with van der Waals surface area (Å²) in [6.07, 6.45) is 0. The van der Waals surface area contributed by atoms with Crippen molar-refractivity contribution in [1.29, 1.82) is 0 Å². The molecule has 0 fully saturated rings. The molecule has 0 saturated carbocycles. The average Bonchev–Trinajstić information content (AvgIpc) is 3.22. The minimum atomic E-state index is -0.509. The van der Waals surface area contributed by atoms with Gasteiger partial charge in [-0.2, -0.15) is 5.10 Å². The van der Waals surface area contributed by atoms with Crippen LogP contribution in [-0.4, -0.2) is 42.5 Å². The maximum atomic E-state index is 12.5. The first kappa shape index (κ1) is 20.9. The van der Waals surface area contributed by atoms with E-state index in [2.05, 4.69) is 5.10 Å². The van der Waals surface area contributed by atoms with Gasteiger partial charge in [0, 0.05) is 5.56 Å². The van der Waals surface area contributed by atoms with Crippen LogP contribution in [0.4, 0.5) is 0 Å². The zero-order valence-corrected chi connectivity index (χ0v) is 17.0. The number of benzene rings is 2. The fourth-order valence-electron chi connectivity index (χ4n) is 2.93. The number of allylic oxidation sites excluding steroid dienone is 1. The summed E-state index contributed by atoms with van der Waals surface area (Å²) in [4.78, 5) is 24.1. The van der Waals surface area contributed by atoms with Gasteiger partial charge in [-0.1, -0.05) is 12.1 Å². The van der Waals surface area contributed by atoms with Crippen molar-refractivity contribution in [1.82, 2.24) is 9.78 Å². The highest BCUT2D eigenvalue weighted by Gasteiger charge is 2.19. The van der Waals surface area contributed by atoms with Crippen LogP contribution in [0.3, 0.4) is 0 Å². The number of ether oxygens (including phenoxy) is 3. The molecule has 0 atom stereocenters. The smallest absolute Gasteiger partial charge is 0.356 e. The fraction of sp³-hybridized carbons (Fsp3) is 0.217. The highest BCUT2D eigenvalue weighted by Crippen LogP contribution is 2.25. The van der Waals surface area contributed by atoms with Crippen molar-refractivity contribution >= 4 is 17.5 Å². The van der Waals surface area contributed by atoms with Crippen molar-refractivity contribution in [2.45, 2.75) is 13.5 Å². The zero-order chi connectivity index (χ0) is 21.5. The molecule has 7 nitrogen and oxygen atoms in total. The number of methoxy groups -OCH3 is 2. The second-order valence-corrected chi connectivity index (χ2v) is 6.33. The van der Waals surface area contributed by atoms with Gasteiger partial charge in [-0.3, -0.25) is 4.68 Å². The number of rotatable bonds is 8. The van der Waals surface area contributed by atoms with E-state index in [0.29, 0.717) is 22.6 Å². The Hall–Kier alpha value is -3.83. The quantitative estimate of drug-likeness (QED) is 0.420. The van der Waals surface area contributed by atoms with Gasteiger partial charge in [-0.15, -0.1) is 0 Å². The molecule has 0 saturated heterocycles. The summed E-state index contributed by atoms with van der Waals surface area (Å²) in [6.45, 7) is 2.04. The molecule has 1 aromatic heterocycles. The van der Waals surface area contributed by atoms with Crippen molar-refractivity contribution in [3.8, 4) is 22.8 Å². The molecule has 0 N–H and O–H groups in total. The third-order valence-corrected chi connectivity index (χ3v) is 4.52. The van der Waals surface area contributed by atoms with Gasteiger partial charge in [-0.05, 0) is 55.0 Å². The van der Waals surface area contributed by atoms with E-state index in [9.17, 15) is 9.59 Å². The van der Waals surface area contributed by atoms with Crippen LogP contribution in [0, 0.1) is 0 Å². The Morgan fingerprint density at radius 2 is 1.60 bits per heavy atom. The van der Waals surface area contributed by atoms with Gasteiger partial charge in [0.15, 0.2) is 0 Å². The van der Waals surface area contributed by atoms with Gasteiger partial charge in [0.2, 0.25) is 0 Å². The Labute approximate surface area is 174 Å². The third kappa shape index (κ3) is 4.59. The predicted molar refractivity (Wildman–Crippen MR) is 112 cm³/mol. The van der Waals surface area contributed by atoms with Crippen LogP contribution in [0.5, 0.6) is 11.5 Å². The summed E-state index contributed by atoms with van der Waals surface area (Å²) in [6, 6.07) is 16.0. The predicted octanol–water partition coefficient (Wildman–Crippen LogP) is 3.66. The molecular formula is C23H22N2O5. The first-order chi connectivity index (χ1) is 14.6. The fourth-order valence-corrected chi connectivity index (χ4v) is 2.93. The van der Waals surface area contributed by atoms with E-state index in [1.165, 1.54) is 4.68 Å². The molecule has 0 amide bonds. The number of esters is 1. The van der Waals surface area contributed by atoms with Gasteiger partial charge in [0.25, 0.3) is 0 Å². The minimum absolute atomic E-state index is 0.0696. The average molecular weight is 406 g/mol. The second-order valence-electron chi connectivity index (χ2n) is 6.33. The molecule has 30 heavy (non-hydrogen) atoms. The molecule has 0 unspecified atom stereocenters. The molecule has 0 bridgehead atoms. The normalized spacial score (nSPS) is 10.2. The number of carbonyl (C=O) groups is 1. The number of aromatic nitrogens is 2. The van der Waals surface area contributed by atoms with Crippen LogP contribution in [0.2, 0.25) is 0 Å². The first-order valence-electron chi connectivity index (χ1n) is 9.37. The van der Waals surface area contributed by atoms with Crippen molar-refractivity contribution < 1.29 is 23.8 Å². The zero-order valence-electron chi connectivity index (χ0n) is 17.0. The Balaban J connectivity index is 1.97. The van der Waals surface area contributed by atoms with E-state index in [-0.39, 0.29) is 18.8 Å². The minimum Gasteiger partial charge on any atom is -0.497 e. The summed E-state index contributed by atoms with van der Waals surface area (Å²) < 4.78 is 17.0. The Bertz CT molecular complexity index is 1060. The summed E-state index contributed by atoms with van der Waals surface area (Å²) in [5, 5.41) is 4.54.